The molecule has 5 aliphatic heterocycles. The predicted octanol–water partition coefficient (Wildman–Crippen LogP) is 20.1. The summed E-state index contributed by atoms with van der Waals surface area (Å²) in [6.45, 7) is 6.97. The number of benzene rings is 8. The van der Waals surface area contributed by atoms with Crippen LogP contribution in [0.3, 0.4) is 0 Å². The molecule has 1 N–H and O–H groups in total. The number of aliphatic imine (C=N–C) groups is 4. The number of nitrogens with zero attached hydrogens (tertiary/aromatic N) is 12. The number of aromatic nitrogens is 8. The zero-order chi connectivity index (χ0) is 89.6. The third kappa shape index (κ3) is 21.7. The molecule has 9 heterocycles. The molecule has 17 rings (SSSR count). The number of rotatable bonds is 11. The molecular weight excluding hydrogens is 1950 g/mol. The number of fused-ring (bicyclic) bond motifs is 12. The summed E-state index contributed by atoms with van der Waals surface area (Å²) in [4.78, 5) is 83.1. The Balaban J connectivity index is 0.000000148. The van der Waals surface area contributed by atoms with Gasteiger partial charge in [0, 0.05) is 78.1 Å². The van der Waals surface area contributed by atoms with Crippen LogP contribution < -0.4 is 0 Å². The third-order valence-corrected chi connectivity index (χ3v) is 21.0. The molecule has 0 bridgehead atoms. The van der Waals surface area contributed by atoms with Gasteiger partial charge >= 0.3 is 36.2 Å². The number of carboxylic acid groups (broad SMARTS) is 1. The van der Waals surface area contributed by atoms with Crippen LogP contribution >= 0.6 is 70.4 Å². The van der Waals surface area contributed by atoms with Gasteiger partial charge in [-0.05, 0) is 146 Å². The standard InChI is InChI=1S/C25H21F4N3O2Si.C20H12BrF4N3O2.C20H15BrFN3O2.C18H11BrFN3O2.C4H8O.CH3I/c1-35(2,3)11-10-16-8-9-20-18(12-16)22(17-6-4-5-7-19(17)26)30-13-21-23(31-15-32(20)21)24(33)34-14-25(27,28)29;21-11-5-6-15-13(7-11)17(12-3-1-2-4-14(12)22)26-8-16-18(27-10-28(15)16)19(29)30-9-20(23,24)25;1-2-27-20(26)19-17-10-23-18(13-5-3-4-6-15(13)22)14-9-12(21)7-8-16(14)25(17)11-24-19;19-10-5-6-14-12(7-10)16(11-3-1-2-4-13(11)20)21-8-15-17(18(24)25)22-9-23(14)15;1-2-4-5-3-1;1-2/h4-9,12,15H,13-14H2,1-3H3;1-7,10H,8-9H2;3-9,11H,2,10H2,1H3;1-7,9H,8H2,(H,24,25);1-4H2;1H3/i;;;;;1D. The molecule has 0 radical (unpaired) electrons. The molecule has 124 heavy (non-hydrogen) atoms. The van der Waals surface area contributed by atoms with Crippen LogP contribution in [0.15, 0.2) is 229 Å². The van der Waals surface area contributed by atoms with Crippen LogP contribution in [0.5, 0.6) is 0 Å². The number of alkyl halides is 7. The quantitative estimate of drug-likeness (QED) is 0.0241. The van der Waals surface area contributed by atoms with Gasteiger partial charge in [0.1, 0.15) is 56.7 Å². The predicted molar refractivity (Wildman–Crippen MR) is 466 cm³/mol. The summed E-state index contributed by atoms with van der Waals surface area (Å²) >= 11 is 12.3. The monoisotopic (exact) mass is 2020 g/mol. The molecule has 1 saturated heterocycles. The second-order valence-electron chi connectivity index (χ2n) is 28.2. The smallest absolute Gasteiger partial charge is 0.422 e. The number of carbonyl (C=O) groups excluding carboxylic acids is 3. The summed E-state index contributed by atoms with van der Waals surface area (Å²) in [5.41, 5.74) is 13.4. The van der Waals surface area contributed by atoms with E-state index in [4.69, 9.17) is 10.8 Å². The first-order chi connectivity index (χ1) is 59.7. The second-order valence-corrected chi connectivity index (χ2v) is 35.7. The van der Waals surface area contributed by atoms with Crippen LogP contribution in [0.2, 0.25) is 19.6 Å². The molecule has 0 aliphatic carbocycles. The summed E-state index contributed by atoms with van der Waals surface area (Å²) in [7, 11) is -1.66. The summed E-state index contributed by atoms with van der Waals surface area (Å²) < 4.78 is 167. The van der Waals surface area contributed by atoms with E-state index in [1.807, 2.05) is 63.6 Å². The number of aromatic carboxylic acids is 1. The molecule has 1 fully saturated rings. The zero-order valence-corrected chi connectivity index (χ0v) is 73.7. The lowest BCUT2D eigenvalue weighted by Crippen LogP contribution is -2.21. The highest BCUT2D eigenvalue weighted by Crippen LogP contribution is 2.36. The van der Waals surface area contributed by atoms with Crippen LogP contribution in [0, 0.1) is 34.7 Å². The van der Waals surface area contributed by atoms with Gasteiger partial charge in [-0.25, -0.2) is 56.7 Å². The van der Waals surface area contributed by atoms with Gasteiger partial charge in [-0.2, -0.15) is 26.3 Å². The number of hydrogen-bond donors (Lipinski definition) is 1. The molecule has 638 valence electrons. The minimum absolute atomic E-state index is 0.0487. The highest BCUT2D eigenvalue weighted by molar-refractivity contribution is 14.1. The Morgan fingerprint density at radius 1 is 0.460 bits per heavy atom. The second kappa shape index (κ2) is 40.3. The van der Waals surface area contributed by atoms with Crippen molar-refractivity contribution in [3.63, 3.8) is 0 Å². The first-order valence-electron chi connectivity index (χ1n) is 38.3. The van der Waals surface area contributed by atoms with Crippen molar-refractivity contribution in [1.29, 1.82) is 0 Å². The maximum absolute atomic E-state index is 14.8. The Morgan fingerprint density at radius 2 is 0.750 bits per heavy atom. The van der Waals surface area contributed by atoms with E-state index >= 15 is 0 Å². The average Bonchev–Trinajstić information content (AvgIpc) is 1.64. The van der Waals surface area contributed by atoms with Crippen LogP contribution in [0.1, 0.15) is 136 Å². The molecule has 0 unspecified atom stereocenters. The van der Waals surface area contributed by atoms with E-state index in [0.717, 1.165) is 37.9 Å². The lowest BCUT2D eigenvalue weighted by atomic mass is 9.98. The third-order valence-electron chi connectivity index (χ3n) is 18.7. The van der Waals surface area contributed by atoms with Gasteiger partial charge in [-0.1, -0.05) is 144 Å². The highest BCUT2D eigenvalue weighted by Gasteiger charge is 2.36. The van der Waals surface area contributed by atoms with Crippen molar-refractivity contribution in [3.05, 3.63) is 327 Å². The van der Waals surface area contributed by atoms with Crippen LogP contribution in [-0.2, 0) is 45.1 Å². The van der Waals surface area contributed by atoms with E-state index in [1.165, 1.54) is 56.1 Å². The van der Waals surface area contributed by atoms with Gasteiger partial charge in [-0.15, -0.1) is 5.54 Å². The Hall–Kier alpha value is -11.6. The van der Waals surface area contributed by atoms with Crippen LogP contribution in [-0.4, -0.2) is 148 Å². The Labute approximate surface area is 744 Å². The van der Waals surface area contributed by atoms with Gasteiger partial charge in [0.25, 0.3) is 0 Å². The molecule has 36 heteroatoms. The lowest BCUT2D eigenvalue weighted by molar-refractivity contribution is -0.162. The molecule has 8 aromatic carbocycles. The van der Waals surface area contributed by atoms with Crippen molar-refractivity contribution >= 4 is 125 Å². The van der Waals surface area contributed by atoms with Gasteiger partial charge in [-0.3, -0.25) is 38.2 Å². The molecule has 21 nitrogen and oxygen atoms in total. The molecule has 5 aliphatic rings. The lowest BCUT2D eigenvalue weighted by Gasteiger charge is -2.13. The molecule has 4 aromatic heterocycles. The number of carboxylic acids is 1. The largest absolute Gasteiger partial charge is 0.476 e. The van der Waals surface area contributed by atoms with Crippen molar-refractivity contribution in [2.45, 2.75) is 77.9 Å². The SMILES string of the molecule is C1CCOC1.CCOC(=O)c1ncn2c1CN=C(c1ccccc1F)c1cc(Br)ccc1-2.C[Si](C)(C)C#Cc1ccc2c(c1)C(c1ccccc1F)=NCc1c(C(=O)OCC(F)(F)F)ncn1-2.O=C(O)c1ncn2c1CN=C(c1ccccc1F)c1cc(Br)ccc1-2.O=C(OCC(F)(F)F)c1ncn2c1CN=C(c1ccccc1F)c1cc(Br)ccc1-2.[2H]CI. The van der Waals surface area contributed by atoms with Gasteiger partial charge in [0.2, 0.25) is 0 Å². The molecule has 0 amide bonds. The molecule has 12 aromatic rings. The maximum Gasteiger partial charge on any atom is 0.422 e. The zero-order valence-electron chi connectivity index (χ0n) is 66.8. The summed E-state index contributed by atoms with van der Waals surface area (Å²) in [6.07, 6.45) is -1.08. The summed E-state index contributed by atoms with van der Waals surface area (Å²) in [5, 5.41) is 9.35. The number of esters is 3. The summed E-state index contributed by atoms with van der Waals surface area (Å²) in [6, 6.07) is 46.9. The van der Waals surface area contributed by atoms with E-state index in [-0.39, 0.29) is 89.7 Å². The normalized spacial score (nSPS) is 13.3. The fourth-order valence-electron chi connectivity index (χ4n) is 13.2. The highest BCUT2D eigenvalue weighted by atomic mass is 127. The Kier molecular flexibility index (Phi) is 29.3. The number of halogens is 14. The molecule has 0 saturated carbocycles. The average molecular weight is 2030 g/mol. The Morgan fingerprint density at radius 3 is 1.03 bits per heavy atom. The van der Waals surface area contributed by atoms with E-state index in [9.17, 15) is 68.2 Å². The van der Waals surface area contributed by atoms with Crippen molar-refractivity contribution < 1.29 is 88.5 Å². The fraction of sp³-hybridized carbons (Fsp3) is 0.205. The van der Waals surface area contributed by atoms with Gasteiger partial charge < -0.3 is 24.1 Å². The van der Waals surface area contributed by atoms with Crippen LogP contribution in [0.25, 0.3) is 22.7 Å². The minimum Gasteiger partial charge on any atom is -0.476 e. The van der Waals surface area contributed by atoms with Crippen molar-refractivity contribution in [1.82, 2.24) is 38.2 Å². The molecule has 0 spiro atoms. The number of ether oxygens (including phenoxy) is 4. The molecular formula is C88H70Br3F10IN12O9Si. The first-order valence-corrected chi connectivity index (χ1v) is 45.0. The number of hydrogen-bond acceptors (Lipinski definition) is 16. The fourth-order valence-corrected chi connectivity index (χ4v) is 14.9. The van der Waals surface area contributed by atoms with E-state index in [1.54, 1.807) is 136 Å². The number of carbonyl (C=O) groups is 4. The Bertz CT molecular complexity index is 6280. The van der Waals surface area contributed by atoms with Gasteiger partial charge in [0.05, 0.1) is 101 Å². The molecule has 0 atom stereocenters. The maximum atomic E-state index is 14.8. The van der Waals surface area contributed by atoms with Crippen molar-refractivity contribution in [2.24, 2.45) is 20.0 Å². The van der Waals surface area contributed by atoms with Gasteiger partial charge in [0.15, 0.2) is 36.0 Å². The van der Waals surface area contributed by atoms with E-state index < -0.39 is 69.2 Å². The van der Waals surface area contributed by atoms with Crippen LogP contribution in [0.4, 0.5) is 43.9 Å². The van der Waals surface area contributed by atoms with Crippen molar-refractivity contribution in [2.75, 3.05) is 37.9 Å². The van der Waals surface area contributed by atoms with Crippen molar-refractivity contribution in [3.8, 4) is 34.2 Å². The number of imidazole rings is 4. The topological polar surface area (TPSA) is 246 Å². The minimum atomic E-state index is -4.66. The van der Waals surface area contributed by atoms with E-state index in [0.29, 0.717) is 89.6 Å². The van der Waals surface area contributed by atoms with E-state index in [2.05, 4.69) is 128 Å². The first kappa shape index (κ1) is 90.1. The summed E-state index contributed by atoms with van der Waals surface area (Å²) in [5.74, 6) is -2.53.